The molecule has 0 aromatic heterocycles. The number of hydrogen-bond donors (Lipinski definition) is 1. The number of carbonyl (C=O) groups excluding carboxylic acids is 4. The minimum absolute atomic E-state index is 0.169. The number of aliphatic hydroxyl groups excluding tert-OH is 1. The Kier molecular flexibility index (Phi) is 10.2. The highest BCUT2D eigenvalue weighted by Crippen LogP contribution is 2.22. The highest BCUT2D eigenvalue weighted by molar-refractivity contribution is 5.85. The van der Waals surface area contributed by atoms with Gasteiger partial charge in [0.1, 0.15) is 12.2 Å². The third kappa shape index (κ3) is 8.85. The average Bonchev–Trinajstić information content (AvgIpc) is 2.74. The lowest BCUT2D eigenvalue weighted by molar-refractivity contribution is -0.179. The molecule has 0 heterocycles. The summed E-state index contributed by atoms with van der Waals surface area (Å²) >= 11 is 0. The molecule has 2 fully saturated rings. The molecule has 2 aliphatic carbocycles. The predicted molar refractivity (Wildman–Crippen MR) is 108 cm³/mol. The van der Waals surface area contributed by atoms with Crippen molar-refractivity contribution in [2.24, 2.45) is 0 Å². The van der Waals surface area contributed by atoms with E-state index in [0.29, 0.717) is 0 Å². The normalized spacial score (nSPS) is 20.7. The van der Waals surface area contributed by atoms with Crippen molar-refractivity contribution in [2.75, 3.05) is 0 Å². The quantitative estimate of drug-likeness (QED) is 0.423. The number of carbonyl (C=O) groups is 4. The van der Waals surface area contributed by atoms with Crippen LogP contribution in [0.5, 0.6) is 0 Å². The number of rotatable bonds is 9. The minimum atomic E-state index is -1.82. The van der Waals surface area contributed by atoms with Crippen LogP contribution in [0.3, 0.4) is 0 Å². The second-order valence-electron chi connectivity index (χ2n) is 8.32. The number of hydrogen-bond acceptors (Lipinski definition) is 9. The molecule has 3 unspecified atom stereocenters. The van der Waals surface area contributed by atoms with Gasteiger partial charge in [-0.2, -0.15) is 0 Å². The first-order valence-corrected chi connectivity index (χ1v) is 11.2. The lowest BCUT2D eigenvalue weighted by Gasteiger charge is -2.24. The zero-order valence-corrected chi connectivity index (χ0v) is 18.4. The van der Waals surface area contributed by atoms with Crippen molar-refractivity contribution in [3.63, 3.8) is 0 Å². The summed E-state index contributed by atoms with van der Waals surface area (Å²) in [6, 6.07) is 0. The first-order chi connectivity index (χ1) is 14.8. The first kappa shape index (κ1) is 25.1. The van der Waals surface area contributed by atoms with E-state index in [2.05, 4.69) is 0 Å². The largest absolute Gasteiger partial charge is 0.460 e. The van der Waals surface area contributed by atoms with Crippen LogP contribution in [0.25, 0.3) is 0 Å². The molecular formula is C22H34O9. The topological polar surface area (TPSA) is 125 Å². The fourth-order valence-electron chi connectivity index (χ4n) is 3.72. The van der Waals surface area contributed by atoms with E-state index < -0.39 is 48.6 Å². The average molecular weight is 443 g/mol. The van der Waals surface area contributed by atoms with Crippen LogP contribution < -0.4 is 0 Å². The molecule has 0 radical (unpaired) electrons. The van der Waals surface area contributed by atoms with Gasteiger partial charge in [-0.15, -0.1) is 0 Å². The van der Waals surface area contributed by atoms with Crippen molar-refractivity contribution in [2.45, 2.75) is 115 Å². The van der Waals surface area contributed by atoms with Crippen molar-refractivity contribution < 1.29 is 43.2 Å². The molecule has 0 aliphatic heterocycles. The Bertz CT molecular complexity index is 620. The predicted octanol–water partition coefficient (Wildman–Crippen LogP) is 2.35. The smallest absolute Gasteiger partial charge is 0.347 e. The minimum Gasteiger partial charge on any atom is -0.460 e. The summed E-state index contributed by atoms with van der Waals surface area (Å²) in [5.74, 6) is -3.43. The fraction of sp³-hybridized carbons (Fsp3) is 0.818. The number of esters is 4. The van der Waals surface area contributed by atoms with E-state index in [1.165, 1.54) is 13.8 Å². The summed E-state index contributed by atoms with van der Waals surface area (Å²) in [6.07, 6.45) is 4.09. The zero-order valence-electron chi connectivity index (χ0n) is 18.4. The maximum atomic E-state index is 12.1. The van der Waals surface area contributed by atoms with Crippen molar-refractivity contribution in [3.8, 4) is 0 Å². The summed E-state index contributed by atoms with van der Waals surface area (Å²) < 4.78 is 20.5. The second-order valence-corrected chi connectivity index (χ2v) is 8.32. The Morgan fingerprint density at radius 2 is 1.13 bits per heavy atom. The summed E-state index contributed by atoms with van der Waals surface area (Å²) in [5, 5.41) is 9.91. The van der Waals surface area contributed by atoms with E-state index in [-0.39, 0.29) is 12.2 Å². The highest BCUT2D eigenvalue weighted by atomic mass is 16.6. The van der Waals surface area contributed by atoms with Crippen LogP contribution in [-0.4, -0.2) is 59.5 Å². The van der Waals surface area contributed by atoms with Crippen LogP contribution >= 0.6 is 0 Å². The second kappa shape index (κ2) is 12.6. The van der Waals surface area contributed by atoms with E-state index in [1.54, 1.807) is 0 Å². The van der Waals surface area contributed by atoms with Gasteiger partial charge in [-0.05, 0) is 65.2 Å². The molecule has 2 rings (SSSR count). The Hall–Kier alpha value is -2.16. The van der Waals surface area contributed by atoms with Gasteiger partial charge in [-0.1, -0.05) is 12.8 Å². The molecule has 2 saturated carbocycles. The van der Waals surface area contributed by atoms with Gasteiger partial charge in [0, 0.05) is 0 Å². The Morgan fingerprint density at radius 3 is 1.58 bits per heavy atom. The molecule has 9 heteroatoms. The summed E-state index contributed by atoms with van der Waals surface area (Å²) in [4.78, 5) is 48.0. The third-order valence-corrected chi connectivity index (χ3v) is 5.57. The molecule has 3 atom stereocenters. The van der Waals surface area contributed by atoms with E-state index in [4.69, 9.17) is 18.9 Å². The standard InChI is InChI=1S/C22H34O9/c1-14(20(25)30-16-9-5-3-6-10-16)28-19(24)13-18(23)22(27)29-15(2)21(26)31-17-11-7-4-8-12-17/h14-18,23H,3-13H2,1-2H3. The van der Waals surface area contributed by atoms with Crippen molar-refractivity contribution >= 4 is 23.9 Å². The third-order valence-electron chi connectivity index (χ3n) is 5.57. The monoisotopic (exact) mass is 442 g/mol. The molecule has 0 bridgehead atoms. The molecule has 2 aliphatic rings. The van der Waals surface area contributed by atoms with Crippen molar-refractivity contribution in [3.05, 3.63) is 0 Å². The van der Waals surface area contributed by atoms with Crippen LogP contribution in [0.4, 0.5) is 0 Å². The SMILES string of the molecule is CC(OC(=O)CC(O)C(=O)OC(C)C(=O)OC1CCCCC1)C(=O)OC1CCCCC1. The van der Waals surface area contributed by atoms with Gasteiger partial charge >= 0.3 is 23.9 Å². The van der Waals surface area contributed by atoms with Crippen molar-refractivity contribution in [1.82, 2.24) is 0 Å². The van der Waals surface area contributed by atoms with Gasteiger partial charge in [0.15, 0.2) is 18.3 Å². The Labute approximate surface area is 182 Å². The molecule has 0 spiro atoms. The van der Waals surface area contributed by atoms with E-state index in [0.717, 1.165) is 64.2 Å². The maximum absolute atomic E-state index is 12.1. The Morgan fingerprint density at radius 1 is 0.710 bits per heavy atom. The number of aliphatic hydroxyl groups is 1. The molecule has 0 aromatic rings. The van der Waals surface area contributed by atoms with E-state index in [9.17, 15) is 24.3 Å². The van der Waals surface area contributed by atoms with Gasteiger partial charge in [-0.25, -0.2) is 14.4 Å². The van der Waals surface area contributed by atoms with Gasteiger partial charge < -0.3 is 24.1 Å². The van der Waals surface area contributed by atoms with Crippen LogP contribution in [0.2, 0.25) is 0 Å². The molecule has 1 N–H and O–H groups in total. The molecule has 0 saturated heterocycles. The lowest BCUT2D eigenvalue weighted by Crippen LogP contribution is -2.36. The van der Waals surface area contributed by atoms with Crippen molar-refractivity contribution in [1.29, 1.82) is 0 Å². The zero-order chi connectivity index (χ0) is 22.8. The molecule has 176 valence electrons. The van der Waals surface area contributed by atoms with E-state index >= 15 is 0 Å². The number of ether oxygens (including phenoxy) is 4. The lowest BCUT2D eigenvalue weighted by atomic mass is 9.98. The summed E-state index contributed by atoms with van der Waals surface area (Å²) in [6.45, 7) is 2.72. The molecule has 9 nitrogen and oxygen atoms in total. The molecule has 31 heavy (non-hydrogen) atoms. The maximum Gasteiger partial charge on any atom is 0.347 e. The summed E-state index contributed by atoms with van der Waals surface area (Å²) in [5.41, 5.74) is 0. The summed E-state index contributed by atoms with van der Waals surface area (Å²) in [7, 11) is 0. The van der Waals surface area contributed by atoms with Gasteiger partial charge in [-0.3, -0.25) is 4.79 Å². The fourth-order valence-corrected chi connectivity index (χ4v) is 3.72. The van der Waals surface area contributed by atoms with Gasteiger partial charge in [0.2, 0.25) is 0 Å². The van der Waals surface area contributed by atoms with Crippen LogP contribution in [0.1, 0.15) is 84.5 Å². The molecule has 0 amide bonds. The van der Waals surface area contributed by atoms with Crippen LogP contribution in [0, 0.1) is 0 Å². The first-order valence-electron chi connectivity index (χ1n) is 11.2. The molecule has 0 aromatic carbocycles. The van der Waals surface area contributed by atoms with Gasteiger partial charge in [0.25, 0.3) is 0 Å². The van der Waals surface area contributed by atoms with E-state index in [1.807, 2.05) is 0 Å². The van der Waals surface area contributed by atoms with Crippen LogP contribution in [0.15, 0.2) is 0 Å². The van der Waals surface area contributed by atoms with Crippen LogP contribution in [-0.2, 0) is 38.1 Å². The molecular weight excluding hydrogens is 408 g/mol. The Balaban J connectivity index is 1.69. The van der Waals surface area contributed by atoms with Gasteiger partial charge in [0.05, 0.1) is 6.42 Å². The highest BCUT2D eigenvalue weighted by Gasteiger charge is 2.30.